The highest BCUT2D eigenvalue weighted by atomic mass is 16.4. The van der Waals surface area contributed by atoms with Crippen molar-refractivity contribution in [2.75, 3.05) is 13.1 Å². The Morgan fingerprint density at radius 3 is 2.00 bits per heavy atom. The number of nitrogens with one attached hydrogen (secondary N) is 3. The Bertz CT molecular complexity index is 408. The van der Waals surface area contributed by atoms with E-state index in [2.05, 4.69) is 16.0 Å². The van der Waals surface area contributed by atoms with Crippen LogP contribution in [0.2, 0.25) is 0 Å². The number of carbonyl (C=O) groups excluding carboxylic acids is 3. The molecule has 0 aromatic rings. The molecule has 9 nitrogen and oxygen atoms in total. The van der Waals surface area contributed by atoms with Crippen molar-refractivity contribution in [1.82, 2.24) is 16.0 Å². The van der Waals surface area contributed by atoms with E-state index in [0.717, 1.165) is 0 Å². The summed E-state index contributed by atoms with van der Waals surface area (Å²) in [4.78, 5) is 45.0. The topological polar surface area (TPSA) is 151 Å². The van der Waals surface area contributed by atoms with Gasteiger partial charge >= 0.3 is 5.97 Å². The van der Waals surface area contributed by atoms with E-state index in [1.807, 2.05) is 0 Å². The number of amides is 3. The lowest BCUT2D eigenvalue weighted by molar-refractivity contribution is -0.138. The van der Waals surface area contributed by atoms with Crippen LogP contribution in [0.5, 0.6) is 0 Å². The fourth-order valence-corrected chi connectivity index (χ4v) is 1.33. The van der Waals surface area contributed by atoms with E-state index in [1.54, 1.807) is 13.8 Å². The Morgan fingerprint density at radius 1 is 1.00 bits per heavy atom. The van der Waals surface area contributed by atoms with Gasteiger partial charge in [-0.15, -0.1) is 0 Å². The molecule has 120 valence electrons. The van der Waals surface area contributed by atoms with Gasteiger partial charge in [0, 0.05) is 0 Å². The van der Waals surface area contributed by atoms with E-state index >= 15 is 0 Å². The highest BCUT2D eigenvalue weighted by molar-refractivity contribution is 5.92. The molecule has 21 heavy (non-hydrogen) atoms. The van der Waals surface area contributed by atoms with Crippen molar-refractivity contribution in [3.63, 3.8) is 0 Å². The van der Waals surface area contributed by atoms with Crippen LogP contribution >= 0.6 is 0 Å². The van der Waals surface area contributed by atoms with Crippen molar-refractivity contribution in [2.45, 2.75) is 32.9 Å². The van der Waals surface area contributed by atoms with Crippen molar-refractivity contribution >= 4 is 23.7 Å². The molecule has 2 atom stereocenters. The zero-order valence-corrected chi connectivity index (χ0v) is 12.3. The zero-order chi connectivity index (χ0) is 16.6. The Hall–Kier alpha value is -2.16. The van der Waals surface area contributed by atoms with Gasteiger partial charge in [-0.3, -0.25) is 19.2 Å². The summed E-state index contributed by atoms with van der Waals surface area (Å²) >= 11 is 0. The first-order chi connectivity index (χ1) is 9.65. The quantitative estimate of drug-likeness (QED) is 0.343. The van der Waals surface area contributed by atoms with Gasteiger partial charge < -0.3 is 26.8 Å². The molecule has 0 aromatic carbocycles. The van der Waals surface area contributed by atoms with Crippen molar-refractivity contribution in [1.29, 1.82) is 0 Å². The minimum absolute atomic E-state index is 0.199. The van der Waals surface area contributed by atoms with E-state index in [4.69, 9.17) is 10.8 Å². The molecular weight excluding hydrogens is 280 g/mol. The molecule has 6 N–H and O–H groups in total. The van der Waals surface area contributed by atoms with Gasteiger partial charge in [-0.1, -0.05) is 13.8 Å². The normalized spacial score (nSPS) is 13.2. The van der Waals surface area contributed by atoms with Gasteiger partial charge in [0.1, 0.15) is 12.6 Å². The third-order valence-corrected chi connectivity index (χ3v) is 2.52. The van der Waals surface area contributed by atoms with Crippen LogP contribution in [0.1, 0.15) is 20.8 Å². The predicted octanol–water partition coefficient (Wildman–Crippen LogP) is -2.21. The van der Waals surface area contributed by atoms with Crippen LogP contribution in [0.25, 0.3) is 0 Å². The van der Waals surface area contributed by atoms with Gasteiger partial charge in [0.2, 0.25) is 17.7 Å². The number of hydrogen-bond acceptors (Lipinski definition) is 5. The molecular formula is C12H22N4O5. The molecule has 3 amide bonds. The van der Waals surface area contributed by atoms with Crippen molar-refractivity contribution in [3.8, 4) is 0 Å². The Kier molecular flexibility index (Phi) is 7.99. The van der Waals surface area contributed by atoms with Gasteiger partial charge in [-0.05, 0) is 12.8 Å². The fourth-order valence-electron chi connectivity index (χ4n) is 1.33. The number of hydrogen-bond donors (Lipinski definition) is 5. The second-order valence-corrected chi connectivity index (χ2v) is 4.91. The van der Waals surface area contributed by atoms with Crippen LogP contribution < -0.4 is 21.7 Å². The maximum Gasteiger partial charge on any atom is 0.322 e. The second kappa shape index (κ2) is 8.90. The Balaban J connectivity index is 4.40. The van der Waals surface area contributed by atoms with Gasteiger partial charge in [-0.25, -0.2) is 0 Å². The van der Waals surface area contributed by atoms with E-state index in [0.29, 0.717) is 0 Å². The van der Waals surface area contributed by atoms with Crippen LogP contribution in [0.15, 0.2) is 0 Å². The van der Waals surface area contributed by atoms with E-state index < -0.39 is 42.3 Å². The molecule has 9 heteroatoms. The lowest BCUT2D eigenvalue weighted by atomic mass is 10.0. The van der Waals surface area contributed by atoms with Crippen LogP contribution in [-0.2, 0) is 19.2 Å². The van der Waals surface area contributed by atoms with Crippen molar-refractivity contribution in [3.05, 3.63) is 0 Å². The zero-order valence-electron chi connectivity index (χ0n) is 12.3. The molecule has 2 unspecified atom stereocenters. The Morgan fingerprint density at radius 2 is 1.57 bits per heavy atom. The monoisotopic (exact) mass is 302 g/mol. The average molecular weight is 302 g/mol. The fraction of sp³-hybridized carbons (Fsp3) is 0.667. The first kappa shape index (κ1) is 18.8. The standard InChI is InChI=1S/C12H22N4O5/c1-6(2)10(16-11(20)7(3)13)12(21)15-4-8(17)14-5-9(18)19/h6-7,10H,4-5,13H2,1-3H3,(H,14,17)(H,15,21)(H,16,20)(H,18,19). The Labute approximate surface area is 122 Å². The van der Waals surface area contributed by atoms with Crippen LogP contribution in [0.3, 0.4) is 0 Å². The second-order valence-electron chi connectivity index (χ2n) is 4.91. The van der Waals surface area contributed by atoms with Crippen molar-refractivity contribution < 1.29 is 24.3 Å². The molecule has 0 fully saturated rings. The summed E-state index contributed by atoms with van der Waals surface area (Å²) in [6.07, 6.45) is 0. The minimum Gasteiger partial charge on any atom is -0.480 e. The number of rotatable bonds is 8. The molecule has 0 rings (SSSR count). The van der Waals surface area contributed by atoms with Gasteiger partial charge in [0.15, 0.2) is 0 Å². The van der Waals surface area contributed by atoms with Crippen molar-refractivity contribution in [2.24, 2.45) is 11.7 Å². The molecule has 0 heterocycles. The molecule has 0 spiro atoms. The molecule has 0 aliphatic heterocycles. The summed E-state index contributed by atoms with van der Waals surface area (Å²) in [6.45, 7) is 4.06. The van der Waals surface area contributed by atoms with Gasteiger partial charge in [0.25, 0.3) is 0 Å². The summed E-state index contributed by atoms with van der Waals surface area (Å²) in [5.41, 5.74) is 5.41. The summed E-state index contributed by atoms with van der Waals surface area (Å²) in [5.74, 6) is -3.02. The summed E-state index contributed by atoms with van der Waals surface area (Å²) < 4.78 is 0. The number of carboxylic acids is 1. The summed E-state index contributed by atoms with van der Waals surface area (Å²) in [6, 6.07) is -1.58. The molecule has 0 aliphatic rings. The third-order valence-electron chi connectivity index (χ3n) is 2.52. The lowest BCUT2D eigenvalue weighted by Crippen LogP contribution is -2.54. The molecule has 0 saturated heterocycles. The minimum atomic E-state index is -1.18. The highest BCUT2D eigenvalue weighted by Gasteiger charge is 2.25. The maximum absolute atomic E-state index is 11.9. The van der Waals surface area contributed by atoms with Gasteiger partial charge in [-0.2, -0.15) is 0 Å². The van der Waals surface area contributed by atoms with Gasteiger partial charge in [0.05, 0.1) is 12.6 Å². The summed E-state index contributed by atoms with van der Waals surface area (Å²) in [5, 5.41) is 15.3. The molecule has 0 radical (unpaired) electrons. The SMILES string of the molecule is CC(N)C(=O)NC(C(=O)NCC(=O)NCC(=O)O)C(C)C. The highest BCUT2D eigenvalue weighted by Crippen LogP contribution is 2.02. The van der Waals surface area contributed by atoms with E-state index in [1.165, 1.54) is 6.92 Å². The molecule has 0 saturated carbocycles. The largest absolute Gasteiger partial charge is 0.480 e. The first-order valence-electron chi connectivity index (χ1n) is 6.47. The van der Waals surface area contributed by atoms with Crippen LogP contribution in [0, 0.1) is 5.92 Å². The molecule has 0 bridgehead atoms. The van der Waals surface area contributed by atoms with E-state index in [-0.39, 0.29) is 12.5 Å². The predicted molar refractivity (Wildman–Crippen MR) is 74.1 cm³/mol. The number of carboxylic acid groups (broad SMARTS) is 1. The smallest absolute Gasteiger partial charge is 0.322 e. The van der Waals surface area contributed by atoms with Crippen LogP contribution in [-0.4, -0.2) is 54.0 Å². The molecule has 0 aromatic heterocycles. The number of carbonyl (C=O) groups is 4. The molecule has 0 aliphatic carbocycles. The maximum atomic E-state index is 11.9. The van der Waals surface area contributed by atoms with Crippen LogP contribution in [0.4, 0.5) is 0 Å². The first-order valence-corrected chi connectivity index (χ1v) is 6.47. The summed E-state index contributed by atoms with van der Waals surface area (Å²) in [7, 11) is 0. The average Bonchev–Trinajstić information content (AvgIpc) is 2.38. The van der Waals surface area contributed by atoms with E-state index in [9.17, 15) is 19.2 Å². The number of nitrogens with two attached hydrogens (primary N) is 1. The lowest BCUT2D eigenvalue weighted by Gasteiger charge is -2.22. The third kappa shape index (κ3) is 7.88. The number of aliphatic carboxylic acids is 1.